The van der Waals surface area contributed by atoms with Crippen LogP contribution >= 0.6 is 12.2 Å². The summed E-state index contributed by atoms with van der Waals surface area (Å²) >= 11 is 5.19. The molecule has 0 saturated carbocycles. The Morgan fingerprint density at radius 3 is 2.33 bits per heavy atom. The SMILES string of the molecule is Oc1ccc(CNC(=S)Nc2ccccc2)cc1. The molecular weight excluding hydrogens is 244 g/mol. The van der Waals surface area contributed by atoms with Crippen molar-refractivity contribution in [1.29, 1.82) is 0 Å². The molecule has 0 spiro atoms. The van der Waals surface area contributed by atoms with Crippen LogP contribution in [0.5, 0.6) is 5.75 Å². The normalized spacial score (nSPS) is 9.78. The summed E-state index contributed by atoms with van der Waals surface area (Å²) in [5.74, 6) is 0.267. The zero-order chi connectivity index (χ0) is 12.8. The second-order valence-electron chi connectivity index (χ2n) is 3.84. The lowest BCUT2D eigenvalue weighted by molar-refractivity contribution is 0.475. The molecule has 0 atom stereocenters. The quantitative estimate of drug-likeness (QED) is 0.741. The topological polar surface area (TPSA) is 44.3 Å². The summed E-state index contributed by atoms with van der Waals surface area (Å²) in [5.41, 5.74) is 2.02. The van der Waals surface area contributed by atoms with Crippen molar-refractivity contribution < 1.29 is 5.11 Å². The molecule has 0 radical (unpaired) electrons. The number of para-hydroxylation sites is 1. The third kappa shape index (κ3) is 3.75. The van der Waals surface area contributed by atoms with Crippen molar-refractivity contribution in [3.05, 3.63) is 60.2 Å². The molecule has 2 aromatic rings. The first-order valence-electron chi connectivity index (χ1n) is 5.62. The minimum absolute atomic E-state index is 0.267. The molecule has 3 N–H and O–H groups in total. The summed E-state index contributed by atoms with van der Waals surface area (Å²) < 4.78 is 0. The molecule has 18 heavy (non-hydrogen) atoms. The molecule has 0 aliphatic rings. The Balaban J connectivity index is 1.83. The zero-order valence-corrected chi connectivity index (χ0v) is 10.6. The van der Waals surface area contributed by atoms with Gasteiger partial charge < -0.3 is 15.7 Å². The van der Waals surface area contributed by atoms with E-state index in [0.29, 0.717) is 11.7 Å². The number of benzene rings is 2. The van der Waals surface area contributed by atoms with Gasteiger partial charge in [0.2, 0.25) is 0 Å². The Morgan fingerprint density at radius 1 is 1.00 bits per heavy atom. The number of rotatable bonds is 3. The van der Waals surface area contributed by atoms with Gasteiger partial charge in [-0.3, -0.25) is 0 Å². The van der Waals surface area contributed by atoms with Gasteiger partial charge in [-0.05, 0) is 42.0 Å². The highest BCUT2D eigenvalue weighted by molar-refractivity contribution is 7.80. The van der Waals surface area contributed by atoms with E-state index in [-0.39, 0.29) is 5.75 Å². The lowest BCUT2D eigenvalue weighted by Gasteiger charge is -2.10. The molecule has 0 aliphatic heterocycles. The molecule has 2 aromatic carbocycles. The van der Waals surface area contributed by atoms with Crippen molar-refractivity contribution in [3.63, 3.8) is 0 Å². The number of thiocarbonyl (C=S) groups is 1. The highest BCUT2D eigenvalue weighted by Gasteiger charge is 1.97. The Morgan fingerprint density at radius 2 is 1.67 bits per heavy atom. The summed E-state index contributed by atoms with van der Waals surface area (Å²) in [6.45, 7) is 0.624. The number of phenols is 1. The Kier molecular flexibility index (Phi) is 4.15. The molecule has 92 valence electrons. The molecule has 0 amide bonds. The number of anilines is 1. The Bertz CT molecular complexity index is 511. The van der Waals surface area contributed by atoms with Crippen LogP contribution in [0.15, 0.2) is 54.6 Å². The van der Waals surface area contributed by atoms with Gasteiger partial charge in [0.05, 0.1) is 0 Å². The maximum absolute atomic E-state index is 9.17. The summed E-state index contributed by atoms with van der Waals surface area (Å²) in [6.07, 6.45) is 0. The molecule has 0 fully saturated rings. The number of hydrogen-bond donors (Lipinski definition) is 3. The summed E-state index contributed by atoms with van der Waals surface area (Å²) in [4.78, 5) is 0. The van der Waals surface area contributed by atoms with E-state index in [1.165, 1.54) is 0 Å². The van der Waals surface area contributed by atoms with Crippen LogP contribution in [0.3, 0.4) is 0 Å². The second kappa shape index (κ2) is 6.02. The van der Waals surface area contributed by atoms with E-state index in [1.54, 1.807) is 12.1 Å². The van der Waals surface area contributed by atoms with Crippen molar-refractivity contribution >= 4 is 23.0 Å². The van der Waals surface area contributed by atoms with E-state index in [1.807, 2.05) is 42.5 Å². The van der Waals surface area contributed by atoms with Gasteiger partial charge >= 0.3 is 0 Å². The van der Waals surface area contributed by atoms with E-state index in [9.17, 15) is 5.11 Å². The van der Waals surface area contributed by atoms with Crippen LogP contribution in [0.4, 0.5) is 5.69 Å². The van der Waals surface area contributed by atoms with Gasteiger partial charge in [-0.2, -0.15) is 0 Å². The van der Waals surface area contributed by atoms with Crippen LogP contribution in [-0.2, 0) is 6.54 Å². The van der Waals surface area contributed by atoms with E-state index >= 15 is 0 Å². The van der Waals surface area contributed by atoms with Crippen LogP contribution in [-0.4, -0.2) is 10.2 Å². The number of nitrogens with one attached hydrogen (secondary N) is 2. The van der Waals surface area contributed by atoms with Gasteiger partial charge in [-0.25, -0.2) is 0 Å². The first-order valence-corrected chi connectivity index (χ1v) is 6.03. The number of phenolic OH excluding ortho intramolecular Hbond substituents is 1. The molecule has 2 rings (SSSR count). The number of aromatic hydroxyl groups is 1. The minimum Gasteiger partial charge on any atom is -0.508 e. The van der Waals surface area contributed by atoms with E-state index in [2.05, 4.69) is 10.6 Å². The predicted molar refractivity (Wildman–Crippen MR) is 77.6 cm³/mol. The fourth-order valence-electron chi connectivity index (χ4n) is 1.49. The van der Waals surface area contributed by atoms with Crippen molar-refractivity contribution in [2.45, 2.75) is 6.54 Å². The summed E-state index contributed by atoms with van der Waals surface area (Å²) in [5, 5.41) is 15.9. The van der Waals surface area contributed by atoms with Crippen molar-refractivity contribution in [2.24, 2.45) is 0 Å². The van der Waals surface area contributed by atoms with Crippen LogP contribution in [0.1, 0.15) is 5.56 Å². The van der Waals surface area contributed by atoms with Crippen molar-refractivity contribution in [3.8, 4) is 5.75 Å². The van der Waals surface area contributed by atoms with E-state index in [4.69, 9.17) is 12.2 Å². The van der Waals surface area contributed by atoms with Crippen molar-refractivity contribution in [1.82, 2.24) is 5.32 Å². The zero-order valence-electron chi connectivity index (χ0n) is 9.76. The molecular formula is C14H14N2OS. The van der Waals surface area contributed by atoms with Crippen molar-refractivity contribution in [2.75, 3.05) is 5.32 Å². The molecule has 0 unspecified atom stereocenters. The van der Waals surface area contributed by atoms with Crippen LogP contribution in [0.2, 0.25) is 0 Å². The molecule has 0 saturated heterocycles. The maximum atomic E-state index is 9.17. The Hall–Kier alpha value is -2.07. The highest BCUT2D eigenvalue weighted by atomic mass is 32.1. The fourth-order valence-corrected chi connectivity index (χ4v) is 1.68. The lowest BCUT2D eigenvalue weighted by Crippen LogP contribution is -2.27. The average Bonchev–Trinajstić information content (AvgIpc) is 2.39. The highest BCUT2D eigenvalue weighted by Crippen LogP contribution is 2.09. The molecule has 0 aromatic heterocycles. The first-order chi connectivity index (χ1) is 8.74. The molecule has 3 nitrogen and oxygen atoms in total. The van der Waals surface area contributed by atoms with Crippen LogP contribution < -0.4 is 10.6 Å². The molecule has 0 aliphatic carbocycles. The lowest BCUT2D eigenvalue weighted by atomic mass is 10.2. The largest absolute Gasteiger partial charge is 0.508 e. The third-order valence-corrected chi connectivity index (χ3v) is 2.67. The van der Waals surface area contributed by atoms with Gasteiger partial charge in [0, 0.05) is 12.2 Å². The molecule has 4 heteroatoms. The second-order valence-corrected chi connectivity index (χ2v) is 4.25. The van der Waals surface area contributed by atoms with Gasteiger partial charge in [0.1, 0.15) is 5.75 Å². The van der Waals surface area contributed by atoms with Gasteiger partial charge in [0.25, 0.3) is 0 Å². The minimum atomic E-state index is 0.267. The van der Waals surface area contributed by atoms with Crippen LogP contribution in [0, 0.1) is 0 Å². The van der Waals surface area contributed by atoms with Gasteiger partial charge in [-0.15, -0.1) is 0 Å². The smallest absolute Gasteiger partial charge is 0.171 e. The summed E-state index contributed by atoms with van der Waals surface area (Å²) in [7, 11) is 0. The van der Waals surface area contributed by atoms with E-state index in [0.717, 1.165) is 11.3 Å². The van der Waals surface area contributed by atoms with Crippen LogP contribution in [0.25, 0.3) is 0 Å². The monoisotopic (exact) mass is 258 g/mol. The maximum Gasteiger partial charge on any atom is 0.171 e. The number of hydrogen-bond acceptors (Lipinski definition) is 2. The molecule has 0 bridgehead atoms. The summed E-state index contributed by atoms with van der Waals surface area (Å²) in [6, 6.07) is 16.8. The Labute approximate surface area is 111 Å². The first kappa shape index (κ1) is 12.4. The van der Waals surface area contributed by atoms with Gasteiger partial charge in [0.15, 0.2) is 5.11 Å². The third-order valence-electron chi connectivity index (χ3n) is 2.42. The van der Waals surface area contributed by atoms with Gasteiger partial charge in [-0.1, -0.05) is 30.3 Å². The molecule has 0 heterocycles. The fraction of sp³-hybridized carbons (Fsp3) is 0.0714. The van der Waals surface area contributed by atoms with E-state index < -0.39 is 0 Å². The predicted octanol–water partition coefficient (Wildman–Crippen LogP) is 2.88. The average molecular weight is 258 g/mol. The standard InChI is InChI=1S/C14H14N2OS/c17-13-8-6-11(7-9-13)10-15-14(18)16-12-4-2-1-3-5-12/h1-9,17H,10H2,(H2,15,16,18).